The predicted octanol–water partition coefficient (Wildman–Crippen LogP) is 3.73. The first kappa shape index (κ1) is 13.3. The number of hydrogen-bond acceptors (Lipinski definition) is 2. The Kier molecular flexibility index (Phi) is 3.10. The fraction of sp³-hybridized carbons (Fsp3) is 0.333. The number of hydrogen-bond donors (Lipinski definition) is 1. The first-order chi connectivity index (χ1) is 10.7. The maximum atomic E-state index is 12.8. The summed E-state index contributed by atoms with van der Waals surface area (Å²) in [6.07, 6.45) is 5.19. The van der Waals surface area contributed by atoms with Crippen LogP contribution in [-0.4, -0.2) is 33.4 Å². The van der Waals surface area contributed by atoms with Crippen LogP contribution in [0.2, 0.25) is 0 Å². The summed E-state index contributed by atoms with van der Waals surface area (Å²) in [6, 6.07) is 10.3. The number of rotatable bonds is 1. The Morgan fingerprint density at radius 3 is 3.00 bits per heavy atom. The summed E-state index contributed by atoms with van der Waals surface area (Å²) in [5.41, 5.74) is 2.54. The fourth-order valence-corrected chi connectivity index (χ4v) is 3.41. The Morgan fingerprint density at radius 2 is 2.14 bits per heavy atom. The van der Waals surface area contributed by atoms with Crippen molar-refractivity contribution >= 4 is 27.7 Å². The SMILES string of the molecule is CC1CCCCN1C(=O)c1cc2ccc3cccnc3c2[nH]1. The van der Waals surface area contributed by atoms with Gasteiger partial charge in [0.2, 0.25) is 0 Å². The van der Waals surface area contributed by atoms with Crippen LogP contribution in [-0.2, 0) is 0 Å². The lowest BCUT2D eigenvalue weighted by atomic mass is 10.0. The highest BCUT2D eigenvalue weighted by atomic mass is 16.2. The van der Waals surface area contributed by atoms with Gasteiger partial charge in [-0.05, 0) is 38.3 Å². The van der Waals surface area contributed by atoms with Gasteiger partial charge >= 0.3 is 0 Å². The van der Waals surface area contributed by atoms with Crippen molar-refractivity contribution in [1.82, 2.24) is 14.9 Å². The van der Waals surface area contributed by atoms with Crippen molar-refractivity contribution in [2.75, 3.05) is 6.54 Å². The lowest BCUT2D eigenvalue weighted by Gasteiger charge is -2.33. The molecule has 4 nitrogen and oxygen atoms in total. The molecule has 1 saturated heterocycles. The summed E-state index contributed by atoms with van der Waals surface area (Å²) < 4.78 is 0. The first-order valence-electron chi connectivity index (χ1n) is 7.91. The van der Waals surface area contributed by atoms with Gasteiger partial charge in [0.25, 0.3) is 5.91 Å². The minimum atomic E-state index is 0.104. The zero-order valence-electron chi connectivity index (χ0n) is 12.7. The Morgan fingerprint density at radius 1 is 1.27 bits per heavy atom. The standard InChI is InChI=1S/C18H19N3O/c1-12-5-2-3-10-21(12)18(22)15-11-14-8-7-13-6-4-9-19-16(13)17(14)20-15/h4,6-9,11-12,20H,2-3,5,10H2,1H3. The summed E-state index contributed by atoms with van der Waals surface area (Å²) >= 11 is 0. The Hall–Kier alpha value is -2.36. The molecule has 2 aromatic heterocycles. The third-order valence-electron chi connectivity index (χ3n) is 4.66. The topological polar surface area (TPSA) is 49.0 Å². The number of amides is 1. The summed E-state index contributed by atoms with van der Waals surface area (Å²) in [4.78, 5) is 22.5. The largest absolute Gasteiger partial charge is 0.349 e. The zero-order valence-corrected chi connectivity index (χ0v) is 12.7. The average Bonchev–Trinajstić information content (AvgIpc) is 2.99. The van der Waals surface area contributed by atoms with Crippen molar-refractivity contribution in [2.45, 2.75) is 32.2 Å². The number of carbonyl (C=O) groups excluding carboxylic acids is 1. The molecule has 1 atom stereocenters. The molecule has 1 aromatic carbocycles. The van der Waals surface area contributed by atoms with Crippen molar-refractivity contribution in [3.63, 3.8) is 0 Å². The quantitative estimate of drug-likeness (QED) is 0.743. The predicted molar refractivity (Wildman–Crippen MR) is 87.9 cm³/mol. The van der Waals surface area contributed by atoms with Crippen LogP contribution in [0.1, 0.15) is 36.7 Å². The van der Waals surface area contributed by atoms with Gasteiger partial charge in [-0.15, -0.1) is 0 Å². The summed E-state index contributed by atoms with van der Waals surface area (Å²) in [7, 11) is 0. The number of pyridine rings is 1. The molecule has 4 heteroatoms. The molecule has 3 aromatic rings. The minimum Gasteiger partial charge on any atom is -0.349 e. The van der Waals surface area contributed by atoms with E-state index in [2.05, 4.69) is 23.0 Å². The van der Waals surface area contributed by atoms with Gasteiger partial charge in [0.15, 0.2) is 0 Å². The molecule has 0 bridgehead atoms. The van der Waals surface area contributed by atoms with Crippen molar-refractivity contribution in [2.24, 2.45) is 0 Å². The number of piperidine rings is 1. The molecular weight excluding hydrogens is 274 g/mol. The van der Waals surface area contributed by atoms with Gasteiger partial charge in [0.05, 0.1) is 11.0 Å². The molecule has 22 heavy (non-hydrogen) atoms. The number of nitrogens with zero attached hydrogens (tertiary/aromatic N) is 2. The van der Waals surface area contributed by atoms with Crippen LogP contribution in [0.25, 0.3) is 21.8 Å². The maximum Gasteiger partial charge on any atom is 0.270 e. The van der Waals surface area contributed by atoms with Crippen LogP contribution in [0.15, 0.2) is 36.5 Å². The third kappa shape index (κ3) is 2.06. The average molecular weight is 293 g/mol. The van der Waals surface area contributed by atoms with Crippen molar-refractivity contribution in [3.8, 4) is 0 Å². The van der Waals surface area contributed by atoms with Crippen LogP contribution in [0.3, 0.4) is 0 Å². The normalized spacial score (nSPS) is 19.0. The molecule has 1 amide bonds. The van der Waals surface area contributed by atoms with E-state index in [0.717, 1.165) is 41.2 Å². The number of carbonyl (C=O) groups is 1. The van der Waals surface area contributed by atoms with Gasteiger partial charge in [0, 0.05) is 29.6 Å². The molecule has 1 unspecified atom stereocenters. The molecule has 4 rings (SSSR count). The summed E-state index contributed by atoms with van der Waals surface area (Å²) in [6.45, 7) is 2.99. The van der Waals surface area contributed by atoms with E-state index in [0.29, 0.717) is 11.7 Å². The van der Waals surface area contributed by atoms with Gasteiger partial charge in [-0.1, -0.05) is 18.2 Å². The number of aromatic nitrogens is 2. The monoisotopic (exact) mass is 293 g/mol. The number of aromatic amines is 1. The highest BCUT2D eigenvalue weighted by Crippen LogP contribution is 2.25. The van der Waals surface area contributed by atoms with Crippen LogP contribution in [0, 0.1) is 0 Å². The van der Waals surface area contributed by atoms with E-state index in [-0.39, 0.29) is 5.91 Å². The van der Waals surface area contributed by atoms with E-state index in [1.54, 1.807) is 6.20 Å². The number of nitrogens with one attached hydrogen (secondary N) is 1. The van der Waals surface area contributed by atoms with Crippen LogP contribution < -0.4 is 0 Å². The third-order valence-corrected chi connectivity index (χ3v) is 4.66. The molecule has 0 saturated carbocycles. The van der Waals surface area contributed by atoms with Crippen LogP contribution in [0.5, 0.6) is 0 Å². The number of H-pyrrole nitrogens is 1. The second-order valence-electron chi connectivity index (χ2n) is 6.13. The highest BCUT2D eigenvalue weighted by molar-refractivity contribution is 6.07. The Labute approximate surface area is 129 Å². The number of fused-ring (bicyclic) bond motifs is 3. The first-order valence-corrected chi connectivity index (χ1v) is 7.91. The van der Waals surface area contributed by atoms with E-state index < -0.39 is 0 Å². The lowest BCUT2D eigenvalue weighted by Crippen LogP contribution is -2.42. The van der Waals surface area contributed by atoms with E-state index in [1.807, 2.05) is 29.2 Å². The molecular formula is C18H19N3O. The molecule has 0 spiro atoms. The molecule has 1 N–H and O–H groups in total. The lowest BCUT2D eigenvalue weighted by molar-refractivity contribution is 0.0630. The number of likely N-dealkylation sites (tertiary alicyclic amines) is 1. The molecule has 1 aliphatic rings. The smallest absolute Gasteiger partial charge is 0.270 e. The minimum absolute atomic E-state index is 0.104. The van der Waals surface area contributed by atoms with Gasteiger partial charge in [-0.2, -0.15) is 0 Å². The van der Waals surface area contributed by atoms with E-state index in [4.69, 9.17) is 0 Å². The second-order valence-corrected chi connectivity index (χ2v) is 6.13. The number of benzene rings is 1. The molecule has 1 fully saturated rings. The van der Waals surface area contributed by atoms with Gasteiger partial charge in [-0.3, -0.25) is 9.78 Å². The molecule has 0 aliphatic carbocycles. The van der Waals surface area contributed by atoms with Crippen LogP contribution in [0.4, 0.5) is 0 Å². The zero-order chi connectivity index (χ0) is 15.1. The molecule has 0 radical (unpaired) electrons. The second kappa shape index (κ2) is 5.13. The van der Waals surface area contributed by atoms with E-state index in [9.17, 15) is 4.79 Å². The molecule has 112 valence electrons. The van der Waals surface area contributed by atoms with Crippen molar-refractivity contribution in [1.29, 1.82) is 0 Å². The summed E-state index contributed by atoms with van der Waals surface area (Å²) in [5, 5.41) is 2.13. The van der Waals surface area contributed by atoms with E-state index >= 15 is 0 Å². The fourth-order valence-electron chi connectivity index (χ4n) is 3.41. The van der Waals surface area contributed by atoms with Gasteiger partial charge < -0.3 is 9.88 Å². The van der Waals surface area contributed by atoms with E-state index in [1.165, 1.54) is 6.42 Å². The Bertz CT molecular complexity index is 852. The maximum absolute atomic E-state index is 12.8. The Balaban J connectivity index is 1.79. The van der Waals surface area contributed by atoms with Gasteiger partial charge in [0.1, 0.15) is 5.69 Å². The van der Waals surface area contributed by atoms with Crippen molar-refractivity contribution in [3.05, 3.63) is 42.2 Å². The highest BCUT2D eigenvalue weighted by Gasteiger charge is 2.25. The van der Waals surface area contributed by atoms with Crippen molar-refractivity contribution < 1.29 is 4.79 Å². The van der Waals surface area contributed by atoms with Gasteiger partial charge in [-0.25, -0.2) is 0 Å². The van der Waals surface area contributed by atoms with Crippen LogP contribution >= 0.6 is 0 Å². The summed E-state index contributed by atoms with van der Waals surface area (Å²) in [5.74, 6) is 0.104. The molecule has 3 heterocycles. The molecule has 1 aliphatic heterocycles.